The summed E-state index contributed by atoms with van der Waals surface area (Å²) in [5, 5.41) is 0. The Morgan fingerprint density at radius 1 is 1.03 bits per heavy atom. The molecule has 0 aliphatic carbocycles. The minimum absolute atomic E-state index is 0.0332. The fraction of sp³-hybridized carbons (Fsp3) is 0.520. The van der Waals surface area contributed by atoms with Crippen molar-refractivity contribution in [2.24, 2.45) is 13.0 Å². The number of benzene rings is 1. The van der Waals surface area contributed by atoms with Crippen LogP contribution in [0.2, 0.25) is 0 Å². The van der Waals surface area contributed by atoms with Crippen molar-refractivity contribution in [3.63, 3.8) is 0 Å². The molecule has 1 unspecified atom stereocenters. The number of aromatic nitrogens is 1. The van der Waals surface area contributed by atoms with E-state index in [0.717, 1.165) is 17.7 Å². The smallest absolute Gasteiger partial charge is 0.249 e. The molecule has 1 heterocycles. The van der Waals surface area contributed by atoms with E-state index in [1.165, 1.54) is 0 Å². The molecule has 0 aliphatic heterocycles. The van der Waals surface area contributed by atoms with Crippen LogP contribution in [0.4, 0.5) is 0 Å². The number of nitrogens with zero attached hydrogens (tertiary/aromatic N) is 3. The number of amides is 2. The second kappa shape index (κ2) is 12.3. The van der Waals surface area contributed by atoms with Gasteiger partial charge in [0.25, 0.3) is 0 Å². The third kappa shape index (κ3) is 7.87. The average molecular weight is 428 g/mol. The number of rotatable bonds is 12. The number of hydrogen-bond donors (Lipinski definition) is 0. The predicted molar refractivity (Wildman–Crippen MR) is 123 cm³/mol. The van der Waals surface area contributed by atoms with Crippen LogP contribution >= 0.6 is 0 Å². The van der Waals surface area contributed by atoms with Crippen LogP contribution in [0.5, 0.6) is 0 Å². The van der Waals surface area contributed by atoms with Crippen molar-refractivity contribution in [2.45, 2.75) is 53.3 Å². The van der Waals surface area contributed by atoms with Crippen LogP contribution in [0, 0.1) is 5.92 Å². The third-order valence-corrected chi connectivity index (χ3v) is 5.43. The van der Waals surface area contributed by atoms with Crippen molar-refractivity contribution >= 4 is 11.8 Å². The predicted octanol–water partition coefficient (Wildman–Crippen LogP) is 3.85. The first-order chi connectivity index (χ1) is 14.8. The number of aryl methyl sites for hydroxylation is 1. The molecule has 0 spiro atoms. The van der Waals surface area contributed by atoms with Crippen molar-refractivity contribution in [3.05, 3.63) is 59.9 Å². The molecule has 1 atom stereocenters. The van der Waals surface area contributed by atoms with Gasteiger partial charge in [0.2, 0.25) is 11.8 Å². The second-order valence-corrected chi connectivity index (χ2v) is 8.54. The molecule has 170 valence electrons. The normalized spacial score (nSPS) is 12.1. The van der Waals surface area contributed by atoms with Gasteiger partial charge in [0.05, 0.1) is 13.2 Å². The summed E-state index contributed by atoms with van der Waals surface area (Å²) in [4.78, 5) is 29.7. The lowest BCUT2D eigenvalue weighted by Crippen LogP contribution is -2.48. The summed E-state index contributed by atoms with van der Waals surface area (Å²) in [6, 6.07) is 13.7. The Balaban J connectivity index is 2.02. The fourth-order valence-corrected chi connectivity index (χ4v) is 3.42. The van der Waals surface area contributed by atoms with Gasteiger partial charge in [0, 0.05) is 31.5 Å². The lowest BCUT2D eigenvalue weighted by atomic mass is 10.2. The standard InChI is InChI=1S/C25H37N3O3/c1-6-21(4)28(25(30)19-31-18-22-11-8-7-9-12-22)17-24(29)27(15-20(2)3)16-23-13-10-14-26(23)5/h7-14,20-21H,6,15-19H2,1-5H3. The van der Waals surface area contributed by atoms with Gasteiger partial charge in [-0.3, -0.25) is 9.59 Å². The molecule has 0 N–H and O–H groups in total. The van der Waals surface area contributed by atoms with E-state index in [2.05, 4.69) is 13.8 Å². The molecule has 31 heavy (non-hydrogen) atoms. The van der Waals surface area contributed by atoms with Crippen molar-refractivity contribution in [1.82, 2.24) is 14.4 Å². The zero-order chi connectivity index (χ0) is 22.8. The highest BCUT2D eigenvalue weighted by molar-refractivity contribution is 5.85. The summed E-state index contributed by atoms with van der Waals surface area (Å²) in [7, 11) is 1.98. The van der Waals surface area contributed by atoms with Crippen molar-refractivity contribution in [2.75, 3.05) is 19.7 Å². The Kier molecular flexibility index (Phi) is 9.79. The maximum atomic E-state index is 13.2. The van der Waals surface area contributed by atoms with E-state index in [-0.39, 0.29) is 31.0 Å². The van der Waals surface area contributed by atoms with Crippen molar-refractivity contribution < 1.29 is 14.3 Å². The van der Waals surface area contributed by atoms with Gasteiger partial charge in [-0.15, -0.1) is 0 Å². The van der Waals surface area contributed by atoms with Gasteiger partial charge in [0.15, 0.2) is 0 Å². The quantitative estimate of drug-likeness (QED) is 0.517. The lowest BCUT2D eigenvalue weighted by molar-refractivity contribution is -0.146. The van der Waals surface area contributed by atoms with Crippen LogP contribution < -0.4 is 0 Å². The average Bonchev–Trinajstić information content (AvgIpc) is 3.15. The summed E-state index contributed by atoms with van der Waals surface area (Å²) >= 11 is 0. The second-order valence-electron chi connectivity index (χ2n) is 8.54. The number of carbonyl (C=O) groups excluding carboxylic acids is 2. The number of carbonyl (C=O) groups is 2. The molecule has 0 radical (unpaired) electrons. The molecular formula is C25H37N3O3. The van der Waals surface area contributed by atoms with Crippen LogP contribution in [0.1, 0.15) is 45.4 Å². The molecule has 0 saturated carbocycles. The fourth-order valence-electron chi connectivity index (χ4n) is 3.42. The van der Waals surface area contributed by atoms with Gasteiger partial charge in [-0.25, -0.2) is 0 Å². The molecule has 2 amide bonds. The summed E-state index contributed by atoms with van der Waals surface area (Å²) in [5.74, 6) is 0.153. The van der Waals surface area contributed by atoms with E-state index in [1.807, 2.05) is 79.0 Å². The van der Waals surface area contributed by atoms with Crippen LogP contribution in [0.15, 0.2) is 48.7 Å². The Bertz CT molecular complexity index is 816. The molecule has 2 rings (SSSR count). The Morgan fingerprint density at radius 2 is 1.74 bits per heavy atom. The molecule has 1 aromatic heterocycles. The van der Waals surface area contributed by atoms with Gasteiger partial charge >= 0.3 is 0 Å². The Morgan fingerprint density at radius 3 is 2.32 bits per heavy atom. The summed E-state index contributed by atoms with van der Waals surface area (Å²) in [5.41, 5.74) is 2.09. The van der Waals surface area contributed by atoms with Gasteiger partial charge in [0.1, 0.15) is 13.2 Å². The first kappa shape index (κ1) is 24.7. The zero-order valence-electron chi connectivity index (χ0n) is 19.6. The van der Waals surface area contributed by atoms with Crippen LogP contribution in [0.25, 0.3) is 0 Å². The van der Waals surface area contributed by atoms with E-state index in [1.54, 1.807) is 4.90 Å². The minimum Gasteiger partial charge on any atom is -0.367 e. The first-order valence-corrected chi connectivity index (χ1v) is 11.1. The SMILES string of the molecule is CCC(C)N(CC(=O)N(Cc1cccn1C)CC(C)C)C(=O)COCc1ccccc1. The molecule has 6 heteroatoms. The molecule has 0 saturated heterocycles. The maximum Gasteiger partial charge on any atom is 0.249 e. The van der Waals surface area contributed by atoms with Gasteiger partial charge < -0.3 is 19.1 Å². The Hall–Kier alpha value is -2.60. The molecule has 0 fully saturated rings. The summed E-state index contributed by atoms with van der Waals surface area (Å²) < 4.78 is 7.67. The Labute approximate surface area is 186 Å². The first-order valence-electron chi connectivity index (χ1n) is 11.1. The van der Waals surface area contributed by atoms with Crippen LogP contribution in [-0.4, -0.2) is 51.9 Å². The summed E-state index contributed by atoms with van der Waals surface area (Å²) in [6.07, 6.45) is 2.76. The molecule has 0 bridgehead atoms. The third-order valence-electron chi connectivity index (χ3n) is 5.43. The lowest BCUT2D eigenvalue weighted by Gasteiger charge is -2.32. The molecule has 1 aromatic carbocycles. The van der Waals surface area contributed by atoms with Crippen molar-refractivity contribution in [1.29, 1.82) is 0 Å². The zero-order valence-corrected chi connectivity index (χ0v) is 19.6. The number of ether oxygens (including phenoxy) is 1. The van der Waals surface area contributed by atoms with Crippen LogP contribution in [-0.2, 0) is 34.5 Å². The van der Waals surface area contributed by atoms with Gasteiger partial charge in [-0.2, -0.15) is 0 Å². The summed E-state index contributed by atoms with van der Waals surface area (Å²) in [6.45, 7) is 9.80. The van der Waals surface area contributed by atoms with E-state index in [4.69, 9.17) is 4.74 Å². The highest BCUT2D eigenvalue weighted by Crippen LogP contribution is 2.12. The van der Waals surface area contributed by atoms with E-state index in [0.29, 0.717) is 25.6 Å². The van der Waals surface area contributed by atoms with E-state index < -0.39 is 0 Å². The van der Waals surface area contributed by atoms with Gasteiger partial charge in [-0.05, 0) is 37.0 Å². The van der Waals surface area contributed by atoms with Gasteiger partial charge in [-0.1, -0.05) is 51.1 Å². The highest BCUT2D eigenvalue weighted by Gasteiger charge is 2.25. The highest BCUT2D eigenvalue weighted by atomic mass is 16.5. The molecular weight excluding hydrogens is 390 g/mol. The molecule has 0 aliphatic rings. The monoisotopic (exact) mass is 427 g/mol. The molecule has 2 aromatic rings. The number of hydrogen-bond acceptors (Lipinski definition) is 3. The van der Waals surface area contributed by atoms with E-state index >= 15 is 0 Å². The maximum absolute atomic E-state index is 13.2. The van der Waals surface area contributed by atoms with Crippen molar-refractivity contribution in [3.8, 4) is 0 Å². The van der Waals surface area contributed by atoms with Crippen LogP contribution in [0.3, 0.4) is 0 Å². The molecule has 6 nitrogen and oxygen atoms in total. The minimum atomic E-state index is -0.151. The topological polar surface area (TPSA) is 54.8 Å². The van der Waals surface area contributed by atoms with E-state index in [9.17, 15) is 9.59 Å². The largest absolute Gasteiger partial charge is 0.367 e.